The Morgan fingerprint density at radius 1 is 1.30 bits per heavy atom. The molecule has 2 N–H and O–H groups in total. The van der Waals surface area contributed by atoms with Gasteiger partial charge in [0.1, 0.15) is 5.69 Å². The number of aromatic nitrogens is 3. The van der Waals surface area contributed by atoms with Crippen LogP contribution >= 0.6 is 0 Å². The Labute approximate surface area is 134 Å². The largest absolute Gasteiger partial charge is 0.477 e. The van der Waals surface area contributed by atoms with Crippen molar-refractivity contribution in [2.45, 2.75) is 26.7 Å². The zero-order valence-corrected chi connectivity index (χ0v) is 13.5. The van der Waals surface area contributed by atoms with E-state index in [1.54, 1.807) is 0 Å². The molecule has 0 aliphatic rings. The first kappa shape index (κ1) is 16.7. The van der Waals surface area contributed by atoms with E-state index in [1.807, 2.05) is 25.6 Å². The number of carbonyl (C=O) groups excluding carboxylic acids is 1. The first-order valence-corrected chi connectivity index (χ1v) is 7.36. The summed E-state index contributed by atoms with van der Waals surface area (Å²) in [6.07, 6.45) is 2.93. The molecule has 7 nitrogen and oxygen atoms in total. The van der Waals surface area contributed by atoms with Crippen molar-refractivity contribution >= 4 is 11.9 Å². The normalized spacial score (nSPS) is 10.6. The third-order valence-corrected chi connectivity index (χ3v) is 3.79. The minimum absolute atomic E-state index is 0.0796. The Morgan fingerprint density at radius 3 is 2.57 bits per heavy atom. The molecule has 2 rings (SSSR count). The van der Waals surface area contributed by atoms with E-state index in [2.05, 4.69) is 15.4 Å². The summed E-state index contributed by atoms with van der Waals surface area (Å²) in [5.41, 5.74) is 3.65. The van der Waals surface area contributed by atoms with Gasteiger partial charge in [-0.25, -0.2) is 9.78 Å². The minimum atomic E-state index is -1.11. The highest BCUT2D eigenvalue weighted by Gasteiger charge is 2.10. The fourth-order valence-electron chi connectivity index (χ4n) is 2.40. The number of pyridine rings is 1. The Hall–Kier alpha value is -2.70. The van der Waals surface area contributed by atoms with Gasteiger partial charge in [0.05, 0.1) is 11.3 Å². The number of hydrogen-bond donors (Lipinski definition) is 2. The van der Waals surface area contributed by atoms with Crippen molar-refractivity contribution in [1.29, 1.82) is 0 Å². The average Bonchev–Trinajstić information content (AvgIpc) is 2.77. The molecule has 0 radical (unpaired) electrons. The molecule has 0 aromatic carbocycles. The van der Waals surface area contributed by atoms with Gasteiger partial charge in [-0.15, -0.1) is 0 Å². The lowest BCUT2D eigenvalue weighted by molar-refractivity contribution is 0.0689. The SMILES string of the molecule is Cc1nn(C)c(C)c1CCCNC(=O)c1ccc(C(=O)O)nc1. The van der Waals surface area contributed by atoms with Crippen LogP contribution in [0.25, 0.3) is 0 Å². The standard InChI is InChI=1S/C16H20N4O3/c1-10-13(11(2)20(3)19-10)5-4-8-17-15(21)12-6-7-14(16(22)23)18-9-12/h6-7,9H,4-5,8H2,1-3H3,(H,17,21)(H,22,23). The van der Waals surface area contributed by atoms with Crippen LogP contribution in [-0.2, 0) is 13.5 Å². The van der Waals surface area contributed by atoms with Gasteiger partial charge < -0.3 is 10.4 Å². The van der Waals surface area contributed by atoms with Crippen LogP contribution < -0.4 is 5.32 Å². The number of hydrogen-bond acceptors (Lipinski definition) is 4. The molecule has 23 heavy (non-hydrogen) atoms. The van der Waals surface area contributed by atoms with Crippen LogP contribution in [0.4, 0.5) is 0 Å². The fourth-order valence-corrected chi connectivity index (χ4v) is 2.40. The molecule has 0 aliphatic carbocycles. The zero-order chi connectivity index (χ0) is 17.0. The Kier molecular flexibility index (Phi) is 5.10. The van der Waals surface area contributed by atoms with Crippen molar-refractivity contribution in [3.05, 3.63) is 46.5 Å². The van der Waals surface area contributed by atoms with Crippen LogP contribution in [0.2, 0.25) is 0 Å². The van der Waals surface area contributed by atoms with Crippen LogP contribution in [0, 0.1) is 13.8 Å². The van der Waals surface area contributed by atoms with Crippen molar-refractivity contribution < 1.29 is 14.7 Å². The highest BCUT2D eigenvalue weighted by Crippen LogP contribution is 2.13. The second-order valence-electron chi connectivity index (χ2n) is 5.37. The number of nitrogens with zero attached hydrogens (tertiary/aromatic N) is 3. The molecule has 0 bridgehead atoms. The van der Waals surface area contributed by atoms with Gasteiger partial charge in [0, 0.05) is 25.5 Å². The summed E-state index contributed by atoms with van der Waals surface area (Å²) < 4.78 is 1.86. The van der Waals surface area contributed by atoms with Crippen LogP contribution in [0.1, 0.15) is 44.2 Å². The molecule has 0 atom stereocenters. The summed E-state index contributed by atoms with van der Waals surface area (Å²) in [7, 11) is 1.92. The van der Waals surface area contributed by atoms with Gasteiger partial charge in [-0.2, -0.15) is 5.10 Å². The molecular formula is C16H20N4O3. The molecule has 0 saturated carbocycles. The number of amides is 1. The second kappa shape index (κ2) is 7.04. The van der Waals surface area contributed by atoms with E-state index in [0.717, 1.165) is 24.2 Å². The zero-order valence-electron chi connectivity index (χ0n) is 13.5. The van der Waals surface area contributed by atoms with Crippen LogP contribution in [0.15, 0.2) is 18.3 Å². The summed E-state index contributed by atoms with van der Waals surface area (Å²) in [6, 6.07) is 2.78. The monoisotopic (exact) mass is 316 g/mol. The third-order valence-electron chi connectivity index (χ3n) is 3.79. The number of carbonyl (C=O) groups is 2. The predicted octanol–water partition coefficient (Wildman–Crippen LogP) is 1.49. The van der Waals surface area contributed by atoms with E-state index >= 15 is 0 Å². The molecule has 0 fully saturated rings. The van der Waals surface area contributed by atoms with Gasteiger partial charge in [-0.3, -0.25) is 9.48 Å². The molecular weight excluding hydrogens is 296 g/mol. The lowest BCUT2D eigenvalue weighted by Crippen LogP contribution is -2.25. The van der Waals surface area contributed by atoms with Crippen LogP contribution in [-0.4, -0.2) is 38.3 Å². The Bertz CT molecular complexity index is 720. The molecule has 2 heterocycles. The smallest absolute Gasteiger partial charge is 0.354 e. The molecule has 1 amide bonds. The molecule has 7 heteroatoms. The minimum Gasteiger partial charge on any atom is -0.477 e. The lowest BCUT2D eigenvalue weighted by atomic mass is 10.1. The van der Waals surface area contributed by atoms with Crippen molar-refractivity contribution in [3.8, 4) is 0 Å². The molecule has 2 aromatic heterocycles. The maximum absolute atomic E-state index is 12.0. The van der Waals surface area contributed by atoms with Crippen LogP contribution in [0.3, 0.4) is 0 Å². The molecule has 0 aliphatic heterocycles. The maximum atomic E-state index is 12.0. The fraction of sp³-hybridized carbons (Fsp3) is 0.375. The number of aryl methyl sites for hydroxylation is 2. The number of carboxylic acid groups (broad SMARTS) is 1. The number of rotatable bonds is 6. The average molecular weight is 316 g/mol. The first-order chi connectivity index (χ1) is 10.9. The molecule has 122 valence electrons. The summed E-state index contributed by atoms with van der Waals surface area (Å²) in [6.45, 7) is 4.55. The van der Waals surface area contributed by atoms with Crippen molar-refractivity contribution in [2.24, 2.45) is 7.05 Å². The first-order valence-electron chi connectivity index (χ1n) is 7.36. The Morgan fingerprint density at radius 2 is 2.04 bits per heavy atom. The van der Waals surface area contributed by atoms with E-state index in [1.165, 1.54) is 23.9 Å². The number of nitrogens with one attached hydrogen (secondary N) is 1. The molecule has 0 unspecified atom stereocenters. The van der Waals surface area contributed by atoms with Gasteiger partial charge in [-0.05, 0) is 44.4 Å². The van der Waals surface area contributed by atoms with Crippen LogP contribution in [0.5, 0.6) is 0 Å². The molecule has 0 saturated heterocycles. The topological polar surface area (TPSA) is 97.1 Å². The molecule has 2 aromatic rings. The third kappa shape index (κ3) is 3.94. The predicted molar refractivity (Wildman–Crippen MR) is 84.5 cm³/mol. The van der Waals surface area contributed by atoms with E-state index in [4.69, 9.17) is 5.11 Å². The summed E-state index contributed by atoms with van der Waals surface area (Å²) in [5.74, 6) is -1.37. The van der Waals surface area contributed by atoms with Gasteiger partial charge in [0.2, 0.25) is 0 Å². The summed E-state index contributed by atoms with van der Waals surface area (Å²) in [4.78, 5) is 26.4. The highest BCUT2D eigenvalue weighted by molar-refractivity contribution is 5.94. The quantitative estimate of drug-likeness (QED) is 0.787. The Balaban J connectivity index is 1.84. The van der Waals surface area contributed by atoms with Crippen molar-refractivity contribution in [1.82, 2.24) is 20.1 Å². The van der Waals surface area contributed by atoms with Gasteiger partial charge in [0.25, 0.3) is 5.91 Å². The van der Waals surface area contributed by atoms with E-state index in [-0.39, 0.29) is 11.6 Å². The molecule has 0 spiro atoms. The highest BCUT2D eigenvalue weighted by atomic mass is 16.4. The number of carboxylic acids is 1. The van der Waals surface area contributed by atoms with Crippen molar-refractivity contribution in [2.75, 3.05) is 6.54 Å². The van der Waals surface area contributed by atoms with Gasteiger partial charge in [-0.1, -0.05) is 0 Å². The lowest BCUT2D eigenvalue weighted by Gasteiger charge is -2.06. The van der Waals surface area contributed by atoms with E-state index in [9.17, 15) is 9.59 Å². The van der Waals surface area contributed by atoms with Gasteiger partial charge >= 0.3 is 5.97 Å². The summed E-state index contributed by atoms with van der Waals surface area (Å²) in [5, 5.41) is 16.0. The van der Waals surface area contributed by atoms with E-state index < -0.39 is 5.97 Å². The van der Waals surface area contributed by atoms with E-state index in [0.29, 0.717) is 12.1 Å². The number of aromatic carboxylic acids is 1. The second-order valence-corrected chi connectivity index (χ2v) is 5.37. The maximum Gasteiger partial charge on any atom is 0.354 e. The summed E-state index contributed by atoms with van der Waals surface area (Å²) >= 11 is 0. The van der Waals surface area contributed by atoms with Crippen molar-refractivity contribution in [3.63, 3.8) is 0 Å². The van der Waals surface area contributed by atoms with Gasteiger partial charge in [0.15, 0.2) is 0 Å².